The molecule has 0 radical (unpaired) electrons. The zero-order chi connectivity index (χ0) is 17.2. The topological polar surface area (TPSA) is 113 Å². The number of piperidine rings is 1. The monoisotopic (exact) mass is 356 g/mol. The molecule has 0 bridgehead atoms. The molecular formula is C14H20N4O5S. The van der Waals surface area contributed by atoms with Crippen molar-refractivity contribution in [1.29, 1.82) is 0 Å². The Bertz CT molecular complexity index is 688. The number of carboxylic acids is 1. The minimum atomic E-state index is -3.38. The third-order valence-electron chi connectivity index (χ3n) is 4.31. The Morgan fingerprint density at radius 1 is 1.21 bits per heavy atom. The zero-order valence-electron chi connectivity index (χ0n) is 13.2. The molecule has 0 saturated carbocycles. The molecule has 2 aliphatic heterocycles. The van der Waals surface area contributed by atoms with Crippen molar-refractivity contribution in [3.8, 4) is 0 Å². The van der Waals surface area contributed by atoms with Gasteiger partial charge < -0.3 is 14.7 Å². The van der Waals surface area contributed by atoms with Crippen LogP contribution in [0.1, 0.15) is 23.3 Å². The van der Waals surface area contributed by atoms with Crippen LogP contribution >= 0.6 is 0 Å². The number of ether oxygens (including phenoxy) is 1. The zero-order valence-corrected chi connectivity index (χ0v) is 14.0. The summed E-state index contributed by atoms with van der Waals surface area (Å²) in [6.45, 7) is 2.66. The molecule has 1 atom stereocenters. The molecule has 24 heavy (non-hydrogen) atoms. The fourth-order valence-corrected chi connectivity index (χ4v) is 4.91. The lowest BCUT2D eigenvalue weighted by atomic mass is 10.1. The van der Waals surface area contributed by atoms with E-state index in [-0.39, 0.29) is 5.69 Å². The van der Waals surface area contributed by atoms with E-state index >= 15 is 0 Å². The van der Waals surface area contributed by atoms with Crippen molar-refractivity contribution in [2.45, 2.75) is 18.1 Å². The average molecular weight is 356 g/mol. The van der Waals surface area contributed by atoms with Gasteiger partial charge in [-0.05, 0) is 12.8 Å². The van der Waals surface area contributed by atoms with Gasteiger partial charge in [0.25, 0.3) is 0 Å². The molecule has 0 aliphatic carbocycles. The lowest BCUT2D eigenvalue weighted by Crippen LogP contribution is -2.51. The van der Waals surface area contributed by atoms with Crippen molar-refractivity contribution in [3.63, 3.8) is 0 Å². The van der Waals surface area contributed by atoms with E-state index in [0.29, 0.717) is 51.6 Å². The largest absolute Gasteiger partial charge is 0.476 e. The number of nitrogens with zero attached hydrogens (tertiary/aromatic N) is 4. The van der Waals surface area contributed by atoms with Crippen molar-refractivity contribution in [3.05, 3.63) is 18.1 Å². The van der Waals surface area contributed by atoms with E-state index in [1.54, 1.807) is 0 Å². The van der Waals surface area contributed by atoms with E-state index in [1.165, 1.54) is 16.7 Å². The van der Waals surface area contributed by atoms with Crippen LogP contribution in [0.5, 0.6) is 0 Å². The average Bonchev–Trinajstić information content (AvgIpc) is 2.62. The van der Waals surface area contributed by atoms with E-state index in [0.717, 1.165) is 6.42 Å². The Balaban J connectivity index is 1.72. The molecule has 9 nitrogen and oxygen atoms in total. The number of rotatable bonds is 4. The SMILES string of the molecule is O=C(O)c1cnc(N2CCCC(S(=O)(=O)N3CCOCC3)C2)cn1. The summed E-state index contributed by atoms with van der Waals surface area (Å²) in [6, 6.07) is 0. The van der Waals surface area contributed by atoms with E-state index in [9.17, 15) is 13.2 Å². The van der Waals surface area contributed by atoms with Crippen molar-refractivity contribution in [2.24, 2.45) is 0 Å². The van der Waals surface area contributed by atoms with Crippen LogP contribution < -0.4 is 4.90 Å². The molecule has 3 rings (SSSR count). The van der Waals surface area contributed by atoms with Crippen LogP contribution in [0.3, 0.4) is 0 Å². The lowest BCUT2D eigenvalue weighted by Gasteiger charge is -2.36. The summed E-state index contributed by atoms with van der Waals surface area (Å²) in [5.41, 5.74) is -0.131. The van der Waals surface area contributed by atoms with Crippen LogP contribution in [0.15, 0.2) is 12.4 Å². The van der Waals surface area contributed by atoms with Crippen molar-refractivity contribution >= 4 is 21.8 Å². The molecule has 0 spiro atoms. The van der Waals surface area contributed by atoms with Gasteiger partial charge in [0, 0.05) is 26.2 Å². The van der Waals surface area contributed by atoms with E-state index in [4.69, 9.17) is 9.84 Å². The van der Waals surface area contributed by atoms with Gasteiger partial charge in [-0.1, -0.05) is 0 Å². The molecule has 2 fully saturated rings. The van der Waals surface area contributed by atoms with Gasteiger partial charge in [0.1, 0.15) is 5.82 Å². The number of sulfonamides is 1. The minimum Gasteiger partial charge on any atom is -0.476 e. The number of morpholine rings is 1. The third-order valence-corrected chi connectivity index (χ3v) is 6.62. The quantitative estimate of drug-likeness (QED) is 0.789. The predicted molar refractivity (Wildman–Crippen MR) is 85.5 cm³/mol. The van der Waals surface area contributed by atoms with Gasteiger partial charge in [0.2, 0.25) is 10.0 Å². The number of aromatic carboxylic acids is 1. The number of carbonyl (C=O) groups is 1. The Hall–Kier alpha value is -1.78. The summed E-state index contributed by atoms with van der Waals surface area (Å²) in [5, 5.41) is 8.37. The first-order valence-electron chi connectivity index (χ1n) is 7.85. The molecule has 1 unspecified atom stereocenters. The van der Waals surface area contributed by atoms with Crippen molar-refractivity contribution < 1.29 is 23.1 Å². The predicted octanol–water partition coefficient (Wildman–Crippen LogP) is -0.194. The van der Waals surface area contributed by atoms with Gasteiger partial charge in [-0.15, -0.1) is 0 Å². The molecule has 1 N–H and O–H groups in total. The highest BCUT2D eigenvalue weighted by Gasteiger charge is 2.36. The second-order valence-corrected chi connectivity index (χ2v) is 8.04. The van der Waals surface area contributed by atoms with Gasteiger partial charge in [-0.3, -0.25) is 0 Å². The van der Waals surface area contributed by atoms with Crippen LogP contribution in [0.25, 0.3) is 0 Å². The molecule has 3 heterocycles. The number of hydrogen-bond donors (Lipinski definition) is 1. The molecule has 0 aromatic carbocycles. The van der Waals surface area contributed by atoms with Crippen LogP contribution in [0, 0.1) is 0 Å². The highest BCUT2D eigenvalue weighted by Crippen LogP contribution is 2.24. The van der Waals surface area contributed by atoms with Crippen LogP contribution in [-0.4, -0.2) is 78.4 Å². The summed E-state index contributed by atoms with van der Waals surface area (Å²) in [5.74, 6) is -0.637. The smallest absolute Gasteiger partial charge is 0.356 e. The molecule has 0 amide bonds. The number of carboxylic acid groups (broad SMARTS) is 1. The van der Waals surface area contributed by atoms with Crippen LogP contribution in [0.2, 0.25) is 0 Å². The molecular weight excluding hydrogens is 336 g/mol. The maximum atomic E-state index is 12.8. The molecule has 2 aliphatic rings. The minimum absolute atomic E-state index is 0.131. The molecule has 10 heteroatoms. The summed E-state index contributed by atoms with van der Waals surface area (Å²) < 4.78 is 32.3. The molecule has 2 saturated heterocycles. The second-order valence-electron chi connectivity index (χ2n) is 5.83. The van der Waals surface area contributed by atoms with Gasteiger partial charge in [-0.2, -0.15) is 4.31 Å². The molecule has 132 valence electrons. The summed E-state index contributed by atoms with van der Waals surface area (Å²) >= 11 is 0. The summed E-state index contributed by atoms with van der Waals surface area (Å²) in [6.07, 6.45) is 3.92. The fraction of sp³-hybridized carbons (Fsp3) is 0.643. The van der Waals surface area contributed by atoms with Gasteiger partial charge in [-0.25, -0.2) is 23.2 Å². The number of hydrogen-bond acceptors (Lipinski definition) is 7. The fourth-order valence-electron chi connectivity index (χ4n) is 3.00. The first kappa shape index (κ1) is 17.1. The van der Waals surface area contributed by atoms with Gasteiger partial charge >= 0.3 is 5.97 Å². The summed E-state index contributed by atoms with van der Waals surface area (Å²) in [7, 11) is -3.38. The molecule has 1 aromatic rings. The highest BCUT2D eigenvalue weighted by molar-refractivity contribution is 7.89. The first-order valence-corrected chi connectivity index (χ1v) is 9.36. The normalized spacial score (nSPS) is 23.2. The maximum absolute atomic E-state index is 12.8. The van der Waals surface area contributed by atoms with E-state index in [2.05, 4.69) is 9.97 Å². The first-order chi connectivity index (χ1) is 11.5. The Kier molecular flexibility index (Phi) is 4.97. The van der Waals surface area contributed by atoms with Crippen molar-refractivity contribution in [2.75, 3.05) is 44.3 Å². The maximum Gasteiger partial charge on any atom is 0.356 e. The van der Waals surface area contributed by atoms with Crippen molar-refractivity contribution in [1.82, 2.24) is 14.3 Å². The highest BCUT2D eigenvalue weighted by atomic mass is 32.2. The lowest BCUT2D eigenvalue weighted by molar-refractivity contribution is 0.0690. The Labute approximate surface area is 140 Å². The second kappa shape index (κ2) is 6.99. The van der Waals surface area contributed by atoms with E-state index < -0.39 is 21.2 Å². The van der Waals surface area contributed by atoms with E-state index in [1.807, 2.05) is 4.90 Å². The van der Waals surface area contributed by atoms with Gasteiger partial charge in [0.05, 0.1) is 30.9 Å². The van der Waals surface area contributed by atoms with Crippen LogP contribution in [-0.2, 0) is 14.8 Å². The summed E-state index contributed by atoms with van der Waals surface area (Å²) in [4.78, 5) is 20.6. The van der Waals surface area contributed by atoms with Crippen LogP contribution in [0.4, 0.5) is 5.82 Å². The number of anilines is 1. The Morgan fingerprint density at radius 2 is 1.96 bits per heavy atom. The molecule has 1 aromatic heterocycles. The standard InChI is InChI=1S/C14H20N4O5S/c19-14(20)12-8-16-13(9-15-12)17-3-1-2-11(10-17)24(21,22)18-4-6-23-7-5-18/h8-9,11H,1-7,10H2,(H,19,20). The van der Waals surface area contributed by atoms with Gasteiger partial charge in [0.15, 0.2) is 5.69 Å². The Morgan fingerprint density at radius 3 is 2.58 bits per heavy atom. The number of aromatic nitrogens is 2. The third kappa shape index (κ3) is 3.50.